The molecule has 0 bridgehead atoms. The second kappa shape index (κ2) is 8.41. The van der Waals surface area contributed by atoms with E-state index in [9.17, 15) is 13.2 Å². The van der Waals surface area contributed by atoms with Gasteiger partial charge in [0.2, 0.25) is 15.9 Å². The van der Waals surface area contributed by atoms with E-state index in [4.69, 9.17) is 0 Å². The SMILES string of the molecule is CN(Cc1ccccc1Br)C(=O)CCNS(=O)(=O)c1ccccc1. The molecule has 2 aromatic rings. The molecule has 7 heteroatoms. The number of sulfonamides is 1. The Kier molecular flexibility index (Phi) is 6.53. The van der Waals surface area contributed by atoms with E-state index in [0.717, 1.165) is 10.0 Å². The number of benzene rings is 2. The number of halogens is 1. The van der Waals surface area contributed by atoms with Crippen LogP contribution in [0.2, 0.25) is 0 Å². The highest BCUT2D eigenvalue weighted by atomic mass is 79.9. The van der Waals surface area contributed by atoms with E-state index in [1.807, 2.05) is 24.3 Å². The summed E-state index contributed by atoms with van der Waals surface area (Å²) in [6.07, 6.45) is 0.104. The summed E-state index contributed by atoms with van der Waals surface area (Å²) in [6, 6.07) is 15.8. The Morgan fingerprint density at radius 3 is 2.38 bits per heavy atom. The first-order valence-electron chi connectivity index (χ1n) is 7.42. The summed E-state index contributed by atoms with van der Waals surface area (Å²) in [4.78, 5) is 13.9. The lowest BCUT2D eigenvalue weighted by molar-refractivity contribution is -0.130. The summed E-state index contributed by atoms with van der Waals surface area (Å²) in [5.41, 5.74) is 0.998. The highest BCUT2D eigenvalue weighted by Crippen LogP contribution is 2.17. The van der Waals surface area contributed by atoms with Crippen LogP contribution >= 0.6 is 15.9 Å². The standard InChI is InChI=1S/C17H19BrN2O3S/c1-20(13-14-7-5-6-10-16(14)18)17(21)11-12-19-24(22,23)15-8-3-2-4-9-15/h2-10,19H,11-13H2,1H3. The van der Waals surface area contributed by atoms with Crippen molar-refractivity contribution in [1.29, 1.82) is 0 Å². The predicted octanol–water partition coefficient (Wildman–Crippen LogP) is 2.78. The first-order chi connectivity index (χ1) is 11.4. The van der Waals surface area contributed by atoms with E-state index in [0.29, 0.717) is 6.54 Å². The molecule has 0 aliphatic heterocycles. The number of amides is 1. The Labute approximate surface area is 150 Å². The van der Waals surface area contributed by atoms with Crippen molar-refractivity contribution in [2.75, 3.05) is 13.6 Å². The van der Waals surface area contributed by atoms with Crippen molar-refractivity contribution >= 4 is 31.9 Å². The molecule has 0 atom stereocenters. The lowest BCUT2D eigenvalue weighted by atomic mass is 10.2. The van der Waals surface area contributed by atoms with Gasteiger partial charge in [0.05, 0.1) is 4.90 Å². The average Bonchev–Trinajstić information content (AvgIpc) is 2.57. The molecule has 0 spiro atoms. The lowest BCUT2D eigenvalue weighted by Gasteiger charge is -2.18. The topological polar surface area (TPSA) is 66.5 Å². The van der Waals surface area contributed by atoms with Crippen molar-refractivity contribution in [1.82, 2.24) is 9.62 Å². The largest absolute Gasteiger partial charge is 0.341 e. The van der Waals surface area contributed by atoms with Gasteiger partial charge in [0.25, 0.3) is 0 Å². The van der Waals surface area contributed by atoms with Gasteiger partial charge in [-0.15, -0.1) is 0 Å². The van der Waals surface area contributed by atoms with Crippen LogP contribution in [0.1, 0.15) is 12.0 Å². The van der Waals surface area contributed by atoms with Crippen molar-refractivity contribution in [3.05, 3.63) is 64.6 Å². The van der Waals surface area contributed by atoms with Crippen molar-refractivity contribution in [3.63, 3.8) is 0 Å². The number of hydrogen-bond acceptors (Lipinski definition) is 3. The molecule has 24 heavy (non-hydrogen) atoms. The van der Waals surface area contributed by atoms with Crippen molar-refractivity contribution in [3.8, 4) is 0 Å². The van der Waals surface area contributed by atoms with Gasteiger partial charge in [-0.1, -0.05) is 52.3 Å². The van der Waals surface area contributed by atoms with Crippen LogP contribution in [0.25, 0.3) is 0 Å². The zero-order chi connectivity index (χ0) is 17.6. The first kappa shape index (κ1) is 18.6. The molecule has 0 saturated carbocycles. The Bertz CT molecular complexity index is 794. The molecular formula is C17H19BrN2O3S. The quantitative estimate of drug-likeness (QED) is 0.762. The summed E-state index contributed by atoms with van der Waals surface area (Å²) in [5.74, 6) is -0.124. The van der Waals surface area contributed by atoms with E-state index < -0.39 is 10.0 Å². The van der Waals surface area contributed by atoms with Crippen molar-refractivity contribution in [2.24, 2.45) is 0 Å². The van der Waals surface area contributed by atoms with Crippen LogP contribution in [0.5, 0.6) is 0 Å². The minimum Gasteiger partial charge on any atom is -0.341 e. The van der Waals surface area contributed by atoms with Gasteiger partial charge in [-0.05, 0) is 23.8 Å². The van der Waals surface area contributed by atoms with Crippen LogP contribution < -0.4 is 4.72 Å². The summed E-state index contributed by atoms with van der Waals surface area (Å²) >= 11 is 3.45. The molecule has 0 aliphatic carbocycles. The van der Waals surface area contributed by atoms with Crippen molar-refractivity contribution < 1.29 is 13.2 Å². The molecule has 0 aliphatic rings. The van der Waals surface area contributed by atoms with Crippen LogP contribution in [0, 0.1) is 0 Å². The minimum atomic E-state index is -3.58. The third kappa shape index (κ3) is 5.15. The molecule has 5 nitrogen and oxygen atoms in total. The Morgan fingerprint density at radius 2 is 1.71 bits per heavy atom. The number of hydrogen-bond donors (Lipinski definition) is 1. The Morgan fingerprint density at radius 1 is 1.08 bits per heavy atom. The van der Waals surface area contributed by atoms with Gasteiger partial charge in [0.15, 0.2) is 0 Å². The van der Waals surface area contributed by atoms with Crippen molar-refractivity contribution in [2.45, 2.75) is 17.9 Å². The van der Waals surface area contributed by atoms with E-state index in [2.05, 4.69) is 20.7 Å². The first-order valence-corrected chi connectivity index (χ1v) is 9.70. The van der Waals surface area contributed by atoms with Crippen LogP contribution in [0.15, 0.2) is 64.0 Å². The maximum atomic E-state index is 12.2. The zero-order valence-electron chi connectivity index (χ0n) is 13.3. The maximum Gasteiger partial charge on any atom is 0.240 e. The maximum absolute atomic E-state index is 12.2. The second-order valence-electron chi connectivity index (χ2n) is 5.30. The van der Waals surface area contributed by atoms with Crippen LogP contribution in [0.4, 0.5) is 0 Å². The molecule has 0 aromatic heterocycles. The molecule has 2 rings (SSSR count). The average molecular weight is 411 g/mol. The summed E-state index contributed by atoms with van der Waals surface area (Å²) in [5, 5.41) is 0. The van der Waals surface area contributed by atoms with Gasteiger partial charge in [-0.3, -0.25) is 4.79 Å². The highest BCUT2D eigenvalue weighted by molar-refractivity contribution is 9.10. The number of nitrogens with zero attached hydrogens (tertiary/aromatic N) is 1. The molecule has 1 N–H and O–H groups in total. The van der Waals surface area contributed by atoms with Crippen LogP contribution in [-0.4, -0.2) is 32.8 Å². The number of carbonyl (C=O) groups excluding carboxylic acids is 1. The molecule has 1 amide bonds. The summed E-state index contributed by atoms with van der Waals surface area (Å²) < 4.78 is 27.5. The molecule has 0 unspecified atom stereocenters. The Balaban J connectivity index is 1.86. The van der Waals surface area contributed by atoms with Gasteiger partial charge in [-0.25, -0.2) is 13.1 Å². The molecule has 128 valence electrons. The number of nitrogens with one attached hydrogen (secondary N) is 1. The number of rotatable bonds is 7. The number of carbonyl (C=O) groups is 1. The fourth-order valence-corrected chi connectivity index (χ4v) is 3.60. The molecule has 0 radical (unpaired) electrons. The monoisotopic (exact) mass is 410 g/mol. The second-order valence-corrected chi connectivity index (χ2v) is 7.92. The third-order valence-corrected chi connectivity index (χ3v) is 5.73. The normalized spacial score (nSPS) is 11.2. The van der Waals surface area contributed by atoms with Gasteiger partial charge in [0, 0.05) is 31.0 Å². The molecule has 0 fully saturated rings. The molecule has 0 heterocycles. The fraction of sp³-hybridized carbons (Fsp3) is 0.235. The highest BCUT2D eigenvalue weighted by Gasteiger charge is 2.15. The lowest BCUT2D eigenvalue weighted by Crippen LogP contribution is -2.32. The molecular weight excluding hydrogens is 392 g/mol. The minimum absolute atomic E-state index is 0.0658. The van der Waals surface area contributed by atoms with Gasteiger partial charge in [-0.2, -0.15) is 0 Å². The van der Waals surface area contributed by atoms with E-state index in [1.54, 1.807) is 30.1 Å². The van der Waals surface area contributed by atoms with E-state index in [1.165, 1.54) is 12.1 Å². The molecule has 0 saturated heterocycles. The third-order valence-electron chi connectivity index (χ3n) is 3.48. The van der Waals surface area contributed by atoms with Gasteiger partial charge < -0.3 is 4.90 Å². The fourth-order valence-electron chi connectivity index (χ4n) is 2.14. The van der Waals surface area contributed by atoms with E-state index in [-0.39, 0.29) is 23.8 Å². The van der Waals surface area contributed by atoms with E-state index >= 15 is 0 Å². The zero-order valence-corrected chi connectivity index (χ0v) is 15.7. The van der Waals surface area contributed by atoms with Gasteiger partial charge in [0.1, 0.15) is 0 Å². The van der Waals surface area contributed by atoms with Crippen LogP contribution in [-0.2, 0) is 21.4 Å². The summed E-state index contributed by atoms with van der Waals surface area (Å²) in [6.45, 7) is 0.530. The predicted molar refractivity (Wildman–Crippen MR) is 96.9 cm³/mol. The Hall–Kier alpha value is -1.70. The molecule has 2 aromatic carbocycles. The van der Waals surface area contributed by atoms with Crippen LogP contribution in [0.3, 0.4) is 0 Å². The smallest absolute Gasteiger partial charge is 0.240 e. The summed E-state index contributed by atoms with van der Waals surface area (Å²) in [7, 11) is -1.87. The van der Waals surface area contributed by atoms with Gasteiger partial charge >= 0.3 is 0 Å².